The lowest BCUT2D eigenvalue weighted by Gasteiger charge is -2.28. The number of allylic oxidation sites excluding steroid dienone is 1. The molecule has 0 heterocycles. The van der Waals surface area contributed by atoms with Crippen molar-refractivity contribution in [1.82, 2.24) is 0 Å². The predicted octanol–water partition coefficient (Wildman–Crippen LogP) is 3.91. The molecule has 96 valence electrons. The Balaban J connectivity index is 2.22. The first-order chi connectivity index (χ1) is 8.70. The Morgan fingerprint density at radius 3 is 2.44 bits per heavy atom. The van der Waals surface area contributed by atoms with Crippen molar-refractivity contribution in [3.8, 4) is 0 Å². The van der Waals surface area contributed by atoms with Crippen molar-refractivity contribution in [1.29, 1.82) is 0 Å². The van der Waals surface area contributed by atoms with Crippen molar-refractivity contribution >= 4 is 11.5 Å². The third kappa shape index (κ3) is 3.00. The minimum atomic E-state index is -0.838. The molecule has 1 aromatic rings. The first-order valence-corrected chi connectivity index (χ1v) is 6.74. The van der Waals surface area contributed by atoms with Crippen LogP contribution in [-0.4, -0.2) is 11.1 Å². The van der Waals surface area contributed by atoms with E-state index in [4.69, 9.17) is 5.11 Å². The molecular weight excluding hydrogens is 224 g/mol. The molecule has 2 rings (SSSR count). The molecule has 0 aromatic heterocycles. The largest absolute Gasteiger partial charge is 0.478 e. The number of carboxylic acids is 1. The predicted molar refractivity (Wildman–Crippen MR) is 73.4 cm³/mol. The highest BCUT2D eigenvalue weighted by molar-refractivity contribution is 5.90. The minimum Gasteiger partial charge on any atom is -0.478 e. The van der Waals surface area contributed by atoms with Crippen molar-refractivity contribution in [2.75, 3.05) is 0 Å². The van der Waals surface area contributed by atoms with Crippen LogP contribution >= 0.6 is 0 Å². The normalized spacial score (nSPS) is 16.4. The molecule has 0 radical (unpaired) electrons. The monoisotopic (exact) mass is 244 g/mol. The fourth-order valence-electron chi connectivity index (χ4n) is 2.44. The Labute approximate surface area is 108 Å². The summed E-state index contributed by atoms with van der Waals surface area (Å²) in [6.07, 6.45) is 7.07. The molecule has 2 heteroatoms. The molecule has 1 aliphatic rings. The van der Waals surface area contributed by atoms with Crippen LogP contribution in [0.5, 0.6) is 0 Å². The van der Waals surface area contributed by atoms with Crippen LogP contribution in [0, 0.1) is 5.92 Å². The van der Waals surface area contributed by atoms with Crippen LogP contribution in [0.3, 0.4) is 0 Å². The quantitative estimate of drug-likeness (QED) is 0.797. The SMILES string of the molecule is CCCc1ccc(/C(=C/C(=O)O)C2CCC2)cc1. The maximum absolute atomic E-state index is 10.9. The Morgan fingerprint density at radius 2 is 2.00 bits per heavy atom. The smallest absolute Gasteiger partial charge is 0.328 e. The summed E-state index contributed by atoms with van der Waals surface area (Å²) >= 11 is 0. The molecule has 0 aliphatic heterocycles. The molecule has 1 saturated carbocycles. The lowest BCUT2D eigenvalue weighted by Crippen LogP contribution is -2.14. The summed E-state index contributed by atoms with van der Waals surface area (Å²) in [4.78, 5) is 10.9. The van der Waals surface area contributed by atoms with E-state index in [0.717, 1.165) is 36.8 Å². The fourth-order valence-corrected chi connectivity index (χ4v) is 2.44. The van der Waals surface area contributed by atoms with Gasteiger partial charge in [-0.2, -0.15) is 0 Å². The van der Waals surface area contributed by atoms with Crippen LogP contribution in [0.2, 0.25) is 0 Å². The van der Waals surface area contributed by atoms with Gasteiger partial charge in [-0.1, -0.05) is 44.0 Å². The Morgan fingerprint density at radius 1 is 1.33 bits per heavy atom. The maximum atomic E-state index is 10.9. The molecule has 1 aliphatic carbocycles. The van der Waals surface area contributed by atoms with Crippen LogP contribution < -0.4 is 0 Å². The number of rotatable bonds is 5. The molecule has 1 fully saturated rings. The second-order valence-electron chi connectivity index (χ2n) is 5.01. The van der Waals surface area contributed by atoms with Gasteiger partial charge in [0.25, 0.3) is 0 Å². The summed E-state index contributed by atoms with van der Waals surface area (Å²) in [6.45, 7) is 2.16. The standard InChI is InChI=1S/C16H20O2/c1-2-4-12-7-9-14(10-8-12)15(11-16(17)18)13-5-3-6-13/h7-11,13H,2-6H2,1H3,(H,17,18)/b15-11+. The van der Waals surface area contributed by atoms with Crippen molar-refractivity contribution in [2.24, 2.45) is 5.92 Å². The van der Waals surface area contributed by atoms with Crippen LogP contribution in [0.15, 0.2) is 30.3 Å². The number of hydrogen-bond acceptors (Lipinski definition) is 1. The summed E-state index contributed by atoms with van der Waals surface area (Å²) in [6, 6.07) is 8.37. The van der Waals surface area contributed by atoms with Gasteiger partial charge in [-0.3, -0.25) is 0 Å². The van der Waals surface area contributed by atoms with E-state index in [1.54, 1.807) is 0 Å². The number of aliphatic carboxylic acids is 1. The highest BCUT2D eigenvalue weighted by Crippen LogP contribution is 2.38. The van der Waals surface area contributed by atoms with Crippen molar-refractivity contribution in [3.05, 3.63) is 41.5 Å². The van der Waals surface area contributed by atoms with E-state index in [1.807, 2.05) is 0 Å². The van der Waals surface area contributed by atoms with Gasteiger partial charge in [0.05, 0.1) is 0 Å². The second kappa shape index (κ2) is 5.85. The van der Waals surface area contributed by atoms with Crippen LogP contribution in [0.25, 0.3) is 5.57 Å². The summed E-state index contributed by atoms with van der Waals surface area (Å²) < 4.78 is 0. The second-order valence-corrected chi connectivity index (χ2v) is 5.01. The highest BCUT2D eigenvalue weighted by Gasteiger charge is 2.23. The third-order valence-electron chi connectivity index (χ3n) is 3.65. The number of carbonyl (C=O) groups is 1. The van der Waals surface area contributed by atoms with Gasteiger partial charge in [-0.15, -0.1) is 0 Å². The van der Waals surface area contributed by atoms with Gasteiger partial charge >= 0.3 is 5.97 Å². The molecule has 18 heavy (non-hydrogen) atoms. The Kier molecular flexibility index (Phi) is 4.19. The van der Waals surface area contributed by atoms with Crippen LogP contribution in [0.1, 0.15) is 43.7 Å². The van der Waals surface area contributed by atoms with Crippen LogP contribution in [0.4, 0.5) is 0 Å². The zero-order chi connectivity index (χ0) is 13.0. The fraction of sp³-hybridized carbons (Fsp3) is 0.438. The van der Waals surface area contributed by atoms with E-state index < -0.39 is 5.97 Å². The van der Waals surface area contributed by atoms with Crippen molar-refractivity contribution in [3.63, 3.8) is 0 Å². The zero-order valence-corrected chi connectivity index (χ0v) is 10.9. The Bertz CT molecular complexity index is 439. The number of benzene rings is 1. The zero-order valence-electron chi connectivity index (χ0n) is 10.9. The minimum absolute atomic E-state index is 0.443. The lowest BCUT2D eigenvalue weighted by molar-refractivity contribution is -0.131. The first kappa shape index (κ1) is 12.9. The van der Waals surface area contributed by atoms with Gasteiger partial charge in [0.15, 0.2) is 0 Å². The van der Waals surface area contributed by atoms with E-state index in [0.29, 0.717) is 5.92 Å². The summed E-state index contributed by atoms with van der Waals surface area (Å²) in [7, 11) is 0. The first-order valence-electron chi connectivity index (χ1n) is 6.74. The van der Waals surface area contributed by atoms with E-state index >= 15 is 0 Å². The summed E-state index contributed by atoms with van der Waals surface area (Å²) in [5.41, 5.74) is 3.39. The third-order valence-corrected chi connectivity index (χ3v) is 3.65. The number of hydrogen-bond donors (Lipinski definition) is 1. The molecule has 1 aromatic carbocycles. The van der Waals surface area contributed by atoms with Gasteiger partial charge in [-0.05, 0) is 41.9 Å². The van der Waals surface area contributed by atoms with Gasteiger partial charge in [0, 0.05) is 6.08 Å². The molecule has 0 amide bonds. The van der Waals surface area contributed by atoms with E-state index in [1.165, 1.54) is 18.1 Å². The van der Waals surface area contributed by atoms with Gasteiger partial charge in [0.1, 0.15) is 0 Å². The number of aryl methyl sites for hydroxylation is 1. The molecule has 0 unspecified atom stereocenters. The highest BCUT2D eigenvalue weighted by atomic mass is 16.4. The average molecular weight is 244 g/mol. The molecular formula is C16H20O2. The van der Waals surface area contributed by atoms with Gasteiger partial charge in [-0.25, -0.2) is 4.79 Å². The van der Waals surface area contributed by atoms with E-state index in [2.05, 4.69) is 31.2 Å². The molecule has 0 saturated heterocycles. The molecule has 0 atom stereocenters. The average Bonchev–Trinajstić information content (AvgIpc) is 2.27. The van der Waals surface area contributed by atoms with E-state index in [-0.39, 0.29) is 0 Å². The summed E-state index contributed by atoms with van der Waals surface area (Å²) in [5.74, 6) is -0.396. The van der Waals surface area contributed by atoms with Gasteiger partial charge in [0.2, 0.25) is 0 Å². The maximum Gasteiger partial charge on any atom is 0.328 e. The number of carboxylic acid groups (broad SMARTS) is 1. The Hall–Kier alpha value is -1.57. The molecule has 2 nitrogen and oxygen atoms in total. The molecule has 0 spiro atoms. The topological polar surface area (TPSA) is 37.3 Å². The van der Waals surface area contributed by atoms with Crippen molar-refractivity contribution < 1.29 is 9.90 Å². The molecule has 0 bridgehead atoms. The lowest BCUT2D eigenvalue weighted by atomic mass is 9.77. The van der Waals surface area contributed by atoms with Gasteiger partial charge < -0.3 is 5.11 Å². The summed E-state index contributed by atoms with van der Waals surface area (Å²) in [5, 5.41) is 8.98. The van der Waals surface area contributed by atoms with Crippen LogP contribution in [-0.2, 0) is 11.2 Å². The van der Waals surface area contributed by atoms with Crippen molar-refractivity contribution in [2.45, 2.75) is 39.0 Å². The molecule has 1 N–H and O–H groups in total. The van der Waals surface area contributed by atoms with E-state index in [9.17, 15) is 4.79 Å².